The fourth-order valence-electron chi connectivity index (χ4n) is 5.73. The number of hydrogen-bond donors (Lipinski definition) is 2. The minimum absolute atomic E-state index is 0.0178. The van der Waals surface area contributed by atoms with Crippen LogP contribution >= 0.6 is 11.5 Å². The molecule has 1 heterocycles. The topological polar surface area (TPSA) is 66.9 Å². The Hall–Kier alpha value is -1.17. The van der Waals surface area contributed by atoms with Crippen LogP contribution < -0.4 is 10.6 Å². The number of nitrogens with zero attached hydrogens (tertiary/aromatic N) is 2. The molecule has 120 valence electrons. The number of urea groups is 1. The van der Waals surface area contributed by atoms with E-state index in [2.05, 4.69) is 26.9 Å². The Kier molecular flexibility index (Phi) is 3.22. The van der Waals surface area contributed by atoms with Crippen LogP contribution in [0.15, 0.2) is 0 Å². The number of hydrogen-bond acceptors (Lipinski definition) is 4. The van der Waals surface area contributed by atoms with Crippen molar-refractivity contribution in [2.24, 2.45) is 17.3 Å². The normalized spacial score (nSPS) is 39.0. The largest absolute Gasteiger partial charge is 0.332 e. The fraction of sp³-hybridized carbons (Fsp3) is 0.812. The van der Waals surface area contributed by atoms with Gasteiger partial charge in [0.05, 0.1) is 0 Å². The third kappa shape index (κ3) is 2.41. The summed E-state index contributed by atoms with van der Waals surface area (Å²) in [5.74, 6) is 2.33. The number of carbonyl (C=O) groups excluding carboxylic acids is 1. The van der Waals surface area contributed by atoms with Crippen LogP contribution in [-0.2, 0) is 0 Å². The van der Waals surface area contributed by atoms with Gasteiger partial charge in [-0.2, -0.15) is 4.37 Å². The lowest BCUT2D eigenvalue weighted by Gasteiger charge is -2.62. The summed E-state index contributed by atoms with van der Waals surface area (Å²) >= 11 is 1.24. The summed E-state index contributed by atoms with van der Waals surface area (Å²) in [7, 11) is 0. The van der Waals surface area contributed by atoms with E-state index in [-0.39, 0.29) is 11.6 Å². The molecule has 2 N–H and O–H groups in total. The maximum absolute atomic E-state index is 12.4. The molecule has 0 unspecified atom stereocenters. The smallest absolute Gasteiger partial charge is 0.321 e. The SMILES string of the molecule is CCC12C[C@H]3C[C@H](C1)CC(NC(=O)Nc1nc(C)ns1)(C3)C2. The van der Waals surface area contributed by atoms with Crippen LogP contribution in [-0.4, -0.2) is 20.9 Å². The van der Waals surface area contributed by atoms with E-state index >= 15 is 0 Å². The van der Waals surface area contributed by atoms with Crippen molar-refractivity contribution in [3.05, 3.63) is 5.82 Å². The second-order valence-corrected chi connectivity index (χ2v) is 8.57. The maximum atomic E-state index is 12.4. The standard InChI is InChI=1S/C16H24N4OS/c1-3-15-5-11-4-12(6-15)8-16(7-11,9-15)19-13(21)18-14-17-10(2)20-22-14/h11-12H,3-9H2,1-2H3,(H2,17,18,19,20,21)/t11-,12-,15?,16?/m1/s1. The molecule has 0 saturated heterocycles. The summed E-state index contributed by atoms with van der Waals surface area (Å²) in [6, 6.07) is -0.107. The molecule has 1 aromatic rings. The van der Waals surface area contributed by atoms with Gasteiger partial charge in [0.25, 0.3) is 0 Å². The Morgan fingerprint density at radius 3 is 2.64 bits per heavy atom. The molecule has 4 saturated carbocycles. The molecule has 0 aliphatic heterocycles. The second kappa shape index (κ2) is 4.91. The van der Waals surface area contributed by atoms with Gasteiger partial charge in [-0.05, 0) is 62.7 Å². The summed E-state index contributed by atoms with van der Waals surface area (Å²) in [6.07, 6.45) is 8.86. The van der Waals surface area contributed by atoms with Gasteiger partial charge in [-0.3, -0.25) is 5.32 Å². The second-order valence-electron chi connectivity index (χ2n) is 7.82. The highest BCUT2D eigenvalue weighted by Crippen LogP contribution is 2.62. The average Bonchev–Trinajstić information content (AvgIpc) is 2.81. The van der Waals surface area contributed by atoms with Crippen LogP contribution in [0.1, 0.15) is 57.7 Å². The first-order valence-corrected chi connectivity index (χ1v) is 9.17. The molecule has 0 aromatic carbocycles. The van der Waals surface area contributed by atoms with E-state index < -0.39 is 0 Å². The van der Waals surface area contributed by atoms with Crippen molar-refractivity contribution in [1.82, 2.24) is 14.7 Å². The van der Waals surface area contributed by atoms with Crippen LogP contribution in [0, 0.1) is 24.2 Å². The first-order chi connectivity index (χ1) is 10.5. The average molecular weight is 320 g/mol. The number of rotatable bonds is 3. The summed E-state index contributed by atoms with van der Waals surface area (Å²) in [5.41, 5.74) is 0.501. The lowest BCUT2D eigenvalue weighted by molar-refractivity contribution is -0.0779. The van der Waals surface area contributed by atoms with Gasteiger partial charge in [-0.1, -0.05) is 13.3 Å². The van der Waals surface area contributed by atoms with Gasteiger partial charge < -0.3 is 5.32 Å². The van der Waals surface area contributed by atoms with Gasteiger partial charge in [0, 0.05) is 17.1 Å². The lowest BCUT2D eigenvalue weighted by atomic mass is 9.46. The van der Waals surface area contributed by atoms with Crippen molar-refractivity contribution in [2.45, 2.75) is 64.3 Å². The number of nitrogens with one attached hydrogen (secondary N) is 2. The molecular weight excluding hydrogens is 296 g/mol. The first-order valence-electron chi connectivity index (χ1n) is 8.39. The van der Waals surface area contributed by atoms with Crippen molar-refractivity contribution in [3.63, 3.8) is 0 Å². The van der Waals surface area contributed by atoms with E-state index in [1.165, 1.54) is 37.2 Å². The summed E-state index contributed by atoms with van der Waals surface area (Å²) in [6.45, 7) is 4.16. The van der Waals surface area contributed by atoms with Gasteiger partial charge in [0.1, 0.15) is 5.82 Å². The highest BCUT2D eigenvalue weighted by atomic mass is 32.1. The number of anilines is 1. The Morgan fingerprint density at radius 2 is 2.05 bits per heavy atom. The zero-order valence-corrected chi connectivity index (χ0v) is 14.1. The third-order valence-corrected chi connectivity index (χ3v) is 6.78. The monoisotopic (exact) mass is 320 g/mol. The Bertz CT molecular complexity index is 585. The zero-order valence-electron chi connectivity index (χ0n) is 13.3. The van der Waals surface area contributed by atoms with Crippen LogP contribution in [0.2, 0.25) is 0 Å². The van der Waals surface area contributed by atoms with E-state index in [0.717, 1.165) is 31.1 Å². The predicted octanol–water partition coefficient (Wildman–Crippen LogP) is 3.72. The van der Waals surface area contributed by atoms with Crippen LogP contribution in [0.3, 0.4) is 0 Å². The van der Waals surface area contributed by atoms with Crippen LogP contribution in [0.4, 0.5) is 9.93 Å². The molecule has 5 nitrogen and oxygen atoms in total. The summed E-state index contributed by atoms with van der Waals surface area (Å²) in [5, 5.41) is 6.78. The van der Waals surface area contributed by atoms with Gasteiger partial charge in [-0.15, -0.1) is 0 Å². The molecule has 2 amide bonds. The molecule has 2 atom stereocenters. The number of aryl methyl sites for hydroxylation is 1. The molecule has 22 heavy (non-hydrogen) atoms. The molecule has 4 bridgehead atoms. The van der Waals surface area contributed by atoms with E-state index in [9.17, 15) is 4.79 Å². The van der Waals surface area contributed by atoms with Gasteiger partial charge in [0.2, 0.25) is 5.13 Å². The highest BCUT2D eigenvalue weighted by Gasteiger charge is 2.57. The number of amides is 2. The van der Waals surface area contributed by atoms with E-state index in [0.29, 0.717) is 16.4 Å². The maximum Gasteiger partial charge on any atom is 0.321 e. The molecule has 5 rings (SSSR count). The molecule has 6 heteroatoms. The van der Waals surface area contributed by atoms with E-state index in [4.69, 9.17) is 0 Å². The quantitative estimate of drug-likeness (QED) is 0.892. The highest BCUT2D eigenvalue weighted by molar-refractivity contribution is 7.09. The summed E-state index contributed by atoms with van der Waals surface area (Å²) < 4.78 is 4.11. The molecule has 0 spiro atoms. The minimum Gasteiger partial charge on any atom is -0.332 e. The fourth-order valence-corrected chi connectivity index (χ4v) is 6.30. The molecular formula is C16H24N4OS. The molecule has 0 radical (unpaired) electrons. The molecule has 4 aliphatic rings. The molecule has 4 aliphatic carbocycles. The van der Waals surface area contributed by atoms with Crippen molar-refractivity contribution in [3.8, 4) is 0 Å². The van der Waals surface area contributed by atoms with Crippen molar-refractivity contribution in [1.29, 1.82) is 0 Å². The lowest BCUT2D eigenvalue weighted by Crippen LogP contribution is -2.63. The first kappa shape index (κ1) is 14.4. The number of aromatic nitrogens is 2. The van der Waals surface area contributed by atoms with Crippen molar-refractivity contribution in [2.75, 3.05) is 5.32 Å². The van der Waals surface area contributed by atoms with Crippen molar-refractivity contribution < 1.29 is 4.79 Å². The number of carbonyl (C=O) groups is 1. The van der Waals surface area contributed by atoms with Gasteiger partial charge in [-0.25, -0.2) is 9.78 Å². The van der Waals surface area contributed by atoms with Gasteiger partial charge in [0.15, 0.2) is 0 Å². The Morgan fingerprint density at radius 1 is 1.32 bits per heavy atom. The Balaban J connectivity index is 1.49. The zero-order chi connectivity index (χ0) is 15.4. The minimum atomic E-state index is -0.107. The van der Waals surface area contributed by atoms with E-state index in [1.54, 1.807) is 0 Å². The van der Waals surface area contributed by atoms with Crippen LogP contribution in [0.25, 0.3) is 0 Å². The van der Waals surface area contributed by atoms with Crippen molar-refractivity contribution >= 4 is 22.7 Å². The van der Waals surface area contributed by atoms with E-state index in [1.807, 2.05) is 6.92 Å². The van der Waals surface area contributed by atoms with Crippen LogP contribution in [0.5, 0.6) is 0 Å². The molecule has 1 aromatic heterocycles. The molecule has 4 fully saturated rings. The van der Waals surface area contributed by atoms with Gasteiger partial charge >= 0.3 is 6.03 Å². The third-order valence-electron chi connectivity index (χ3n) is 6.06. The Labute approximate surface area is 135 Å². The summed E-state index contributed by atoms with van der Waals surface area (Å²) in [4.78, 5) is 16.6. The predicted molar refractivity (Wildman–Crippen MR) is 86.9 cm³/mol.